The monoisotopic (exact) mass is 367 g/mol. The van der Waals surface area contributed by atoms with Crippen molar-refractivity contribution in [3.05, 3.63) is 54.5 Å². The molecule has 2 aromatic rings. The number of benzene rings is 1. The van der Waals surface area contributed by atoms with Crippen LogP contribution in [-0.4, -0.2) is 42.9 Å². The molecule has 1 aliphatic rings. The number of rotatable bonds is 5. The molecular formula is C21H25N3O3. The fraction of sp³-hybridized carbons (Fsp3) is 0.333. The number of para-hydroxylation sites is 2. The molecule has 1 aliphatic heterocycles. The minimum Gasteiger partial charge on any atom is -0.465 e. The number of nitrogens with one attached hydrogen (secondary N) is 1. The lowest BCUT2D eigenvalue weighted by Gasteiger charge is -2.37. The molecule has 1 fully saturated rings. The van der Waals surface area contributed by atoms with Gasteiger partial charge in [-0.2, -0.15) is 0 Å². The number of carbonyl (C=O) groups is 2. The van der Waals surface area contributed by atoms with Gasteiger partial charge in [-0.15, -0.1) is 0 Å². The molecule has 0 atom stereocenters. The van der Waals surface area contributed by atoms with Crippen LogP contribution in [0.25, 0.3) is 6.08 Å². The fourth-order valence-corrected chi connectivity index (χ4v) is 3.11. The first-order chi connectivity index (χ1) is 13.0. The highest BCUT2D eigenvalue weighted by atomic mass is 16.3. The standard InChI is InChI=1S/C21H25N3O3/c1-16(2)21(26)24-13-11-23(12-14-24)19-8-4-3-7-18(19)22-20(25)10-9-17-6-5-15-27-17/h3-10,15-16H,11-14H2,1-2H3,(H,22,25)/b10-9+. The predicted molar refractivity (Wildman–Crippen MR) is 106 cm³/mol. The predicted octanol–water partition coefficient (Wildman–Crippen LogP) is 3.24. The minimum absolute atomic E-state index is 0.0177. The van der Waals surface area contributed by atoms with Gasteiger partial charge in [0, 0.05) is 38.2 Å². The highest BCUT2D eigenvalue weighted by Gasteiger charge is 2.24. The molecule has 6 heteroatoms. The zero-order chi connectivity index (χ0) is 19.2. The molecule has 1 saturated heterocycles. The first-order valence-corrected chi connectivity index (χ1v) is 9.20. The van der Waals surface area contributed by atoms with Crippen molar-refractivity contribution < 1.29 is 14.0 Å². The molecule has 1 aromatic heterocycles. The summed E-state index contributed by atoms with van der Waals surface area (Å²) in [5, 5.41) is 2.93. The zero-order valence-corrected chi connectivity index (χ0v) is 15.7. The van der Waals surface area contributed by atoms with E-state index in [9.17, 15) is 9.59 Å². The van der Waals surface area contributed by atoms with Gasteiger partial charge in [-0.3, -0.25) is 9.59 Å². The quantitative estimate of drug-likeness (QED) is 0.824. The van der Waals surface area contributed by atoms with Crippen LogP contribution in [0.4, 0.5) is 11.4 Å². The first-order valence-electron chi connectivity index (χ1n) is 9.20. The van der Waals surface area contributed by atoms with E-state index in [0.717, 1.165) is 24.5 Å². The summed E-state index contributed by atoms with van der Waals surface area (Å²) in [5.41, 5.74) is 1.73. The number of piperazine rings is 1. The van der Waals surface area contributed by atoms with Gasteiger partial charge in [0.1, 0.15) is 5.76 Å². The van der Waals surface area contributed by atoms with Crippen molar-refractivity contribution in [3.63, 3.8) is 0 Å². The Morgan fingerprint density at radius 2 is 1.81 bits per heavy atom. The topological polar surface area (TPSA) is 65.8 Å². The van der Waals surface area contributed by atoms with E-state index in [-0.39, 0.29) is 17.7 Å². The molecule has 0 saturated carbocycles. The number of hydrogen-bond acceptors (Lipinski definition) is 4. The minimum atomic E-state index is -0.215. The van der Waals surface area contributed by atoms with Gasteiger partial charge >= 0.3 is 0 Å². The molecule has 1 N–H and O–H groups in total. The van der Waals surface area contributed by atoms with Crippen LogP contribution in [0.3, 0.4) is 0 Å². The van der Waals surface area contributed by atoms with Gasteiger partial charge in [-0.05, 0) is 30.3 Å². The van der Waals surface area contributed by atoms with Crippen LogP contribution in [0, 0.1) is 5.92 Å². The van der Waals surface area contributed by atoms with E-state index in [4.69, 9.17) is 4.42 Å². The van der Waals surface area contributed by atoms with Crippen LogP contribution in [0.1, 0.15) is 19.6 Å². The van der Waals surface area contributed by atoms with E-state index in [2.05, 4.69) is 10.2 Å². The van der Waals surface area contributed by atoms with Crippen molar-refractivity contribution in [2.75, 3.05) is 36.4 Å². The maximum atomic E-state index is 12.2. The van der Waals surface area contributed by atoms with Crippen molar-refractivity contribution in [3.8, 4) is 0 Å². The number of furan rings is 1. The lowest BCUT2D eigenvalue weighted by atomic mass is 10.1. The van der Waals surface area contributed by atoms with Crippen LogP contribution < -0.4 is 10.2 Å². The van der Waals surface area contributed by atoms with Crippen LogP contribution in [0.5, 0.6) is 0 Å². The normalized spacial score (nSPS) is 14.8. The van der Waals surface area contributed by atoms with Crippen LogP contribution in [0.2, 0.25) is 0 Å². The molecule has 0 spiro atoms. The molecular weight excluding hydrogens is 342 g/mol. The van der Waals surface area contributed by atoms with Crippen molar-refractivity contribution in [2.24, 2.45) is 5.92 Å². The largest absolute Gasteiger partial charge is 0.465 e. The van der Waals surface area contributed by atoms with Gasteiger partial charge in [-0.25, -0.2) is 0 Å². The Kier molecular flexibility index (Phi) is 5.96. The number of nitrogens with zero attached hydrogens (tertiary/aromatic N) is 2. The molecule has 2 amide bonds. The molecule has 0 radical (unpaired) electrons. The van der Waals surface area contributed by atoms with E-state index in [0.29, 0.717) is 18.8 Å². The second-order valence-electron chi connectivity index (χ2n) is 6.82. The lowest BCUT2D eigenvalue weighted by molar-refractivity contribution is -0.134. The summed E-state index contributed by atoms with van der Waals surface area (Å²) in [5.74, 6) is 0.625. The Hall–Kier alpha value is -3.02. The zero-order valence-electron chi connectivity index (χ0n) is 15.7. The Balaban J connectivity index is 1.64. The number of carbonyl (C=O) groups excluding carboxylic acids is 2. The molecule has 6 nitrogen and oxygen atoms in total. The number of amides is 2. The Labute approximate surface area is 159 Å². The Bertz CT molecular complexity index is 804. The lowest BCUT2D eigenvalue weighted by Crippen LogP contribution is -2.50. The second kappa shape index (κ2) is 8.58. The molecule has 142 valence electrons. The summed E-state index contributed by atoms with van der Waals surface area (Å²) in [4.78, 5) is 28.5. The van der Waals surface area contributed by atoms with Gasteiger partial charge in [0.2, 0.25) is 11.8 Å². The van der Waals surface area contributed by atoms with Crippen LogP contribution in [0.15, 0.2) is 53.2 Å². The average molecular weight is 367 g/mol. The van der Waals surface area contributed by atoms with Crippen molar-refractivity contribution in [1.82, 2.24) is 4.90 Å². The smallest absolute Gasteiger partial charge is 0.248 e. The van der Waals surface area contributed by atoms with E-state index < -0.39 is 0 Å². The van der Waals surface area contributed by atoms with E-state index >= 15 is 0 Å². The van der Waals surface area contributed by atoms with E-state index in [1.165, 1.54) is 6.08 Å². The third-order valence-corrected chi connectivity index (χ3v) is 4.53. The molecule has 1 aromatic carbocycles. The molecule has 0 bridgehead atoms. The first kappa shape index (κ1) is 18.8. The highest BCUT2D eigenvalue weighted by Crippen LogP contribution is 2.27. The SMILES string of the molecule is CC(C)C(=O)N1CCN(c2ccccc2NC(=O)/C=C/c2ccco2)CC1. The molecule has 27 heavy (non-hydrogen) atoms. The third-order valence-electron chi connectivity index (χ3n) is 4.53. The average Bonchev–Trinajstić information content (AvgIpc) is 3.20. The van der Waals surface area contributed by atoms with Gasteiger partial charge in [0.15, 0.2) is 0 Å². The van der Waals surface area contributed by atoms with Crippen LogP contribution in [-0.2, 0) is 9.59 Å². The maximum Gasteiger partial charge on any atom is 0.248 e. The van der Waals surface area contributed by atoms with Gasteiger partial charge < -0.3 is 19.5 Å². The van der Waals surface area contributed by atoms with Crippen LogP contribution >= 0.6 is 0 Å². The fourth-order valence-electron chi connectivity index (χ4n) is 3.11. The summed E-state index contributed by atoms with van der Waals surface area (Å²) in [6.07, 6.45) is 4.65. The molecule has 0 unspecified atom stereocenters. The van der Waals surface area contributed by atoms with Crippen molar-refractivity contribution >= 4 is 29.3 Å². The van der Waals surface area contributed by atoms with E-state index in [1.807, 2.05) is 43.0 Å². The molecule has 3 rings (SSSR count). The number of hydrogen-bond donors (Lipinski definition) is 1. The summed E-state index contributed by atoms with van der Waals surface area (Å²) in [6.45, 7) is 6.72. The van der Waals surface area contributed by atoms with Crippen molar-refractivity contribution in [2.45, 2.75) is 13.8 Å². The summed E-state index contributed by atoms with van der Waals surface area (Å²) in [7, 11) is 0. The summed E-state index contributed by atoms with van der Waals surface area (Å²) >= 11 is 0. The third kappa shape index (κ3) is 4.78. The highest BCUT2D eigenvalue weighted by molar-refractivity contribution is 6.03. The summed E-state index contributed by atoms with van der Waals surface area (Å²) in [6, 6.07) is 11.3. The van der Waals surface area contributed by atoms with Gasteiger partial charge in [-0.1, -0.05) is 26.0 Å². The number of anilines is 2. The maximum absolute atomic E-state index is 12.2. The Morgan fingerprint density at radius 3 is 2.48 bits per heavy atom. The van der Waals surface area contributed by atoms with Crippen molar-refractivity contribution in [1.29, 1.82) is 0 Å². The second-order valence-corrected chi connectivity index (χ2v) is 6.82. The molecule has 2 heterocycles. The van der Waals surface area contributed by atoms with Gasteiger partial charge in [0.25, 0.3) is 0 Å². The van der Waals surface area contributed by atoms with E-state index in [1.54, 1.807) is 24.5 Å². The summed E-state index contributed by atoms with van der Waals surface area (Å²) < 4.78 is 5.19. The molecule has 0 aliphatic carbocycles. The Morgan fingerprint density at radius 1 is 1.07 bits per heavy atom. The van der Waals surface area contributed by atoms with Gasteiger partial charge in [0.05, 0.1) is 17.6 Å².